The quantitative estimate of drug-likeness (QED) is 0.569. The van der Waals surface area contributed by atoms with Crippen molar-refractivity contribution in [3.8, 4) is 0 Å². The minimum Gasteiger partial charge on any atom is -0.381 e. The van der Waals surface area contributed by atoms with Gasteiger partial charge in [-0.15, -0.1) is 0 Å². The fraction of sp³-hybridized carbons (Fsp3) is 0.615. The molecular weight excluding hydrogens is 188 g/mol. The highest BCUT2D eigenvalue weighted by atomic mass is 16.3. The molecule has 0 amide bonds. The number of ketones is 1. The predicted octanol–water partition coefficient (Wildman–Crippen LogP) is 2.77. The molecule has 0 aromatic carbocycles. The maximum absolute atomic E-state index is 11.6. The number of carbonyl (C=O) groups is 1. The van der Waals surface area contributed by atoms with Crippen LogP contribution in [0.4, 0.5) is 0 Å². The minimum atomic E-state index is -1.06. The van der Waals surface area contributed by atoms with Gasteiger partial charge in [0.15, 0.2) is 5.78 Å². The second-order valence-corrected chi connectivity index (χ2v) is 4.38. The Balaban J connectivity index is 2.84. The standard InChI is InChI=1S/C13H20O2/c1-5-6-7-8-13(15)10(3)9(2)12(14)11(13)4/h15H,4-8H2,1-3H3/t13-/m1/s1. The number of aliphatic hydroxyl groups is 1. The van der Waals surface area contributed by atoms with Crippen molar-refractivity contribution in [2.75, 3.05) is 0 Å². The highest BCUT2D eigenvalue weighted by molar-refractivity contribution is 6.13. The summed E-state index contributed by atoms with van der Waals surface area (Å²) in [5.41, 5.74) is 0.747. The summed E-state index contributed by atoms with van der Waals surface area (Å²) in [5, 5.41) is 10.4. The first-order valence-corrected chi connectivity index (χ1v) is 5.59. The zero-order valence-corrected chi connectivity index (χ0v) is 9.89. The SMILES string of the molecule is C=C1C(=O)C(C)=C(C)[C@]1(O)CCCCC. The summed E-state index contributed by atoms with van der Waals surface area (Å²) in [6.07, 6.45) is 3.74. The van der Waals surface area contributed by atoms with Gasteiger partial charge in [0.05, 0.1) is 0 Å². The van der Waals surface area contributed by atoms with E-state index in [1.54, 1.807) is 6.92 Å². The topological polar surface area (TPSA) is 37.3 Å². The van der Waals surface area contributed by atoms with Crippen LogP contribution in [-0.4, -0.2) is 16.5 Å². The third kappa shape index (κ3) is 1.91. The summed E-state index contributed by atoms with van der Waals surface area (Å²) >= 11 is 0. The van der Waals surface area contributed by atoms with Gasteiger partial charge in [0.25, 0.3) is 0 Å². The van der Waals surface area contributed by atoms with E-state index in [-0.39, 0.29) is 5.78 Å². The zero-order chi connectivity index (χ0) is 11.6. The molecule has 0 spiro atoms. The molecule has 0 aromatic rings. The Morgan fingerprint density at radius 1 is 1.33 bits per heavy atom. The molecule has 1 aliphatic rings. The molecule has 2 nitrogen and oxygen atoms in total. The lowest BCUT2D eigenvalue weighted by molar-refractivity contribution is -0.112. The Morgan fingerprint density at radius 2 is 1.93 bits per heavy atom. The lowest BCUT2D eigenvalue weighted by atomic mass is 9.87. The van der Waals surface area contributed by atoms with Gasteiger partial charge in [-0.3, -0.25) is 4.79 Å². The number of allylic oxidation sites excluding steroid dienone is 1. The van der Waals surface area contributed by atoms with Crippen LogP contribution in [-0.2, 0) is 4.79 Å². The first kappa shape index (κ1) is 12.2. The van der Waals surface area contributed by atoms with E-state index in [4.69, 9.17) is 0 Å². The molecule has 0 heterocycles. The molecule has 0 bridgehead atoms. The van der Waals surface area contributed by atoms with Crippen molar-refractivity contribution in [2.24, 2.45) is 0 Å². The molecule has 0 saturated heterocycles. The van der Waals surface area contributed by atoms with Gasteiger partial charge in [0.1, 0.15) is 5.60 Å². The van der Waals surface area contributed by atoms with Gasteiger partial charge in [0, 0.05) is 5.57 Å². The number of rotatable bonds is 4. The molecule has 1 N–H and O–H groups in total. The first-order chi connectivity index (χ1) is 6.95. The highest BCUT2D eigenvalue weighted by Gasteiger charge is 2.43. The summed E-state index contributed by atoms with van der Waals surface area (Å²) in [6.45, 7) is 9.44. The number of unbranched alkanes of at least 4 members (excludes halogenated alkanes) is 2. The summed E-state index contributed by atoms with van der Waals surface area (Å²) in [4.78, 5) is 11.6. The molecule has 15 heavy (non-hydrogen) atoms. The molecule has 0 radical (unpaired) electrons. The number of hydrogen-bond donors (Lipinski definition) is 1. The van der Waals surface area contributed by atoms with Gasteiger partial charge >= 0.3 is 0 Å². The second kappa shape index (κ2) is 4.31. The lowest BCUT2D eigenvalue weighted by Crippen LogP contribution is -2.30. The van der Waals surface area contributed by atoms with Crippen molar-refractivity contribution in [3.63, 3.8) is 0 Å². The second-order valence-electron chi connectivity index (χ2n) is 4.38. The van der Waals surface area contributed by atoms with Gasteiger partial charge in [-0.2, -0.15) is 0 Å². The average molecular weight is 208 g/mol. The Labute approximate surface area is 91.7 Å². The normalized spacial score (nSPS) is 26.7. The molecule has 0 fully saturated rings. The van der Waals surface area contributed by atoms with Gasteiger partial charge < -0.3 is 5.11 Å². The van der Waals surface area contributed by atoms with Crippen molar-refractivity contribution in [2.45, 2.75) is 52.1 Å². The molecule has 2 heteroatoms. The maximum Gasteiger partial charge on any atom is 0.187 e. The van der Waals surface area contributed by atoms with Gasteiger partial charge in [-0.05, 0) is 37.8 Å². The fourth-order valence-electron chi connectivity index (χ4n) is 2.09. The zero-order valence-electron chi connectivity index (χ0n) is 9.89. The molecule has 0 aliphatic heterocycles. The molecule has 0 unspecified atom stereocenters. The summed E-state index contributed by atoms with van der Waals surface area (Å²) in [7, 11) is 0. The van der Waals surface area contributed by atoms with Crippen LogP contribution in [0.5, 0.6) is 0 Å². The molecule has 84 valence electrons. The van der Waals surface area contributed by atoms with Crippen LogP contribution in [0.15, 0.2) is 23.3 Å². The van der Waals surface area contributed by atoms with E-state index in [2.05, 4.69) is 13.5 Å². The van der Waals surface area contributed by atoms with Crippen LogP contribution in [0.3, 0.4) is 0 Å². The van der Waals surface area contributed by atoms with E-state index in [9.17, 15) is 9.90 Å². The molecule has 1 atom stereocenters. The van der Waals surface area contributed by atoms with Crippen LogP contribution in [0.1, 0.15) is 46.5 Å². The van der Waals surface area contributed by atoms with Crippen molar-refractivity contribution >= 4 is 5.78 Å². The first-order valence-electron chi connectivity index (χ1n) is 5.59. The summed E-state index contributed by atoms with van der Waals surface area (Å²) < 4.78 is 0. The minimum absolute atomic E-state index is 0.0773. The molecule has 0 saturated carbocycles. The van der Waals surface area contributed by atoms with E-state index in [1.807, 2.05) is 6.92 Å². The number of carbonyl (C=O) groups excluding carboxylic acids is 1. The smallest absolute Gasteiger partial charge is 0.187 e. The van der Waals surface area contributed by atoms with Crippen LogP contribution in [0.25, 0.3) is 0 Å². The van der Waals surface area contributed by atoms with Crippen molar-refractivity contribution in [3.05, 3.63) is 23.3 Å². The van der Waals surface area contributed by atoms with Crippen molar-refractivity contribution in [1.82, 2.24) is 0 Å². The van der Waals surface area contributed by atoms with Crippen LogP contribution in [0, 0.1) is 0 Å². The van der Waals surface area contributed by atoms with Crippen LogP contribution < -0.4 is 0 Å². The fourth-order valence-corrected chi connectivity index (χ4v) is 2.09. The Kier molecular flexibility index (Phi) is 3.50. The third-order valence-corrected chi connectivity index (χ3v) is 3.44. The predicted molar refractivity (Wildman–Crippen MR) is 61.6 cm³/mol. The monoisotopic (exact) mass is 208 g/mol. The summed E-state index contributed by atoms with van der Waals surface area (Å²) in [6, 6.07) is 0. The van der Waals surface area contributed by atoms with Crippen LogP contribution in [0.2, 0.25) is 0 Å². The number of hydrogen-bond acceptors (Lipinski definition) is 2. The van der Waals surface area contributed by atoms with Crippen molar-refractivity contribution < 1.29 is 9.90 Å². The molecular formula is C13H20O2. The lowest BCUT2D eigenvalue weighted by Gasteiger charge is -2.25. The van der Waals surface area contributed by atoms with Gasteiger partial charge in [-0.1, -0.05) is 26.3 Å². The highest BCUT2D eigenvalue weighted by Crippen LogP contribution is 2.39. The van der Waals surface area contributed by atoms with E-state index >= 15 is 0 Å². The Morgan fingerprint density at radius 3 is 2.33 bits per heavy atom. The third-order valence-electron chi connectivity index (χ3n) is 3.44. The molecule has 1 aliphatic carbocycles. The van der Waals surface area contributed by atoms with Crippen LogP contribution >= 0.6 is 0 Å². The van der Waals surface area contributed by atoms with E-state index in [0.29, 0.717) is 17.6 Å². The largest absolute Gasteiger partial charge is 0.381 e. The van der Waals surface area contributed by atoms with Gasteiger partial charge in [0.2, 0.25) is 0 Å². The Hall–Kier alpha value is -0.890. The molecule has 0 aromatic heterocycles. The van der Waals surface area contributed by atoms with E-state index in [0.717, 1.165) is 24.8 Å². The number of Topliss-reactive ketones (excluding diaryl/α,β-unsaturated/α-hetero) is 1. The maximum atomic E-state index is 11.6. The van der Waals surface area contributed by atoms with E-state index in [1.165, 1.54) is 0 Å². The van der Waals surface area contributed by atoms with Gasteiger partial charge in [-0.25, -0.2) is 0 Å². The average Bonchev–Trinajstić information content (AvgIpc) is 2.36. The van der Waals surface area contributed by atoms with Crippen molar-refractivity contribution in [1.29, 1.82) is 0 Å². The molecule has 1 rings (SSSR count). The Bertz CT molecular complexity index is 325. The van der Waals surface area contributed by atoms with E-state index < -0.39 is 5.60 Å². The summed E-state index contributed by atoms with van der Waals surface area (Å²) in [5.74, 6) is -0.0773.